The normalized spacial score (nSPS) is 11.6. The molecule has 3 aromatic heterocycles. The Morgan fingerprint density at radius 2 is 1.89 bits per heavy atom. The number of hydrogen-bond donors (Lipinski definition) is 0. The van der Waals surface area contributed by atoms with Gasteiger partial charge in [0.2, 0.25) is 5.78 Å². The van der Waals surface area contributed by atoms with Gasteiger partial charge in [-0.2, -0.15) is 4.98 Å². The molecule has 7 nitrogen and oxygen atoms in total. The first-order chi connectivity index (χ1) is 12.9. The molecule has 138 valence electrons. The minimum absolute atomic E-state index is 0.137. The maximum Gasteiger partial charge on any atom is 0.332 e. The molecule has 0 aliphatic rings. The second-order valence-electron chi connectivity index (χ2n) is 6.42. The molecule has 0 aliphatic heterocycles. The van der Waals surface area contributed by atoms with Crippen LogP contribution >= 0.6 is 11.6 Å². The molecule has 1 aromatic carbocycles. The molecule has 0 bridgehead atoms. The largest absolute Gasteiger partial charge is 0.332 e. The first-order valence-corrected chi connectivity index (χ1v) is 8.82. The van der Waals surface area contributed by atoms with Gasteiger partial charge >= 0.3 is 5.69 Å². The van der Waals surface area contributed by atoms with Crippen molar-refractivity contribution in [3.8, 4) is 5.69 Å². The fourth-order valence-corrected chi connectivity index (χ4v) is 3.68. The summed E-state index contributed by atoms with van der Waals surface area (Å²) in [4.78, 5) is 30.2. The number of nitrogens with zero attached hydrogens (tertiary/aromatic N) is 5. The van der Waals surface area contributed by atoms with Crippen molar-refractivity contribution in [2.75, 3.05) is 0 Å². The van der Waals surface area contributed by atoms with Crippen LogP contribution in [0.4, 0.5) is 0 Å². The molecule has 0 fully saturated rings. The predicted octanol–water partition coefficient (Wildman–Crippen LogP) is 2.59. The number of aromatic nitrogens is 5. The molecule has 4 aromatic rings. The van der Waals surface area contributed by atoms with Gasteiger partial charge in [0.15, 0.2) is 11.2 Å². The number of aryl methyl sites for hydroxylation is 2. The lowest BCUT2D eigenvalue weighted by atomic mass is 10.3. The zero-order valence-electron chi connectivity index (χ0n) is 15.2. The first kappa shape index (κ1) is 17.4. The SMILES string of the molecule is C=CCn1c(=O)c2c(nc3n(-c4ccccc4Cl)c(C)c(C)n23)n(C)c1=O. The zero-order chi connectivity index (χ0) is 19.5. The van der Waals surface area contributed by atoms with E-state index in [1.807, 2.05) is 36.6 Å². The molecule has 0 saturated heterocycles. The highest BCUT2D eigenvalue weighted by atomic mass is 35.5. The third-order valence-electron chi connectivity index (χ3n) is 4.92. The van der Waals surface area contributed by atoms with Crippen molar-refractivity contribution in [1.82, 2.24) is 23.1 Å². The molecule has 0 saturated carbocycles. The Labute approximate surface area is 159 Å². The summed E-state index contributed by atoms with van der Waals surface area (Å²) in [6, 6.07) is 7.44. The maximum absolute atomic E-state index is 13.0. The van der Waals surface area contributed by atoms with Crippen LogP contribution in [0.1, 0.15) is 11.4 Å². The van der Waals surface area contributed by atoms with Crippen LogP contribution in [0.25, 0.3) is 22.6 Å². The van der Waals surface area contributed by atoms with Gasteiger partial charge in [0.25, 0.3) is 5.56 Å². The van der Waals surface area contributed by atoms with Crippen LogP contribution < -0.4 is 11.2 Å². The predicted molar refractivity (Wildman–Crippen MR) is 106 cm³/mol. The van der Waals surface area contributed by atoms with E-state index in [2.05, 4.69) is 11.6 Å². The summed E-state index contributed by atoms with van der Waals surface area (Å²) >= 11 is 6.40. The Morgan fingerprint density at radius 3 is 2.56 bits per heavy atom. The van der Waals surface area contributed by atoms with Crippen molar-refractivity contribution >= 4 is 28.5 Å². The number of rotatable bonds is 3. The zero-order valence-corrected chi connectivity index (χ0v) is 16.0. The summed E-state index contributed by atoms with van der Waals surface area (Å²) in [5.74, 6) is 0.538. The number of allylic oxidation sites excluding steroid dienone is 1. The average molecular weight is 384 g/mol. The summed E-state index contributed by atoms with van der Waals surface area (Å²) in [5, 5.41) is 0.572. The number of imidazole rings is 2. The summed E-state index contributed by atoms with van der Waals surface area (Å²) in [5.41, 5.74) is 2.42. The fraction of sp³-hybridized carbons (Fsp3) is 0.211. The van der Waals surface area contributed by atoms with E-state index in [9.17, 15) is 9.59 Å². The van der Waals surface area contributed by atoms with Crippen LogP contribution in [0.3, 0.4) is 0 Å². The highest BCUT2D eigenvalue weighted by molar-refractivity contribution is 6.32. The smallest absolute Gasteiger partial charge is 0.281 e. The van der Waals surface area contributed by atoms with Gasteiger partial charge in [0.1, 0.15) is 0 Å². The van der Waals surface area contributed by atoms with Crippen LogP contribution in [0.2, 0.25) is 5.02 Å². The minimum Gasteiger partial charge on any atom is -0.281 e. The molecule has 0 aliphatic carbocycles. The number of halogens is 1. The highest BCUT2D eigenvalue weighted by Gasteiger charge is 2.23. The second kappa shape index (κ2) is 5.99. The Kier molecular flexibility index (Phi) is 3.85. The Hall–Kier alpha value is -3.06. The van der Waals surface area contributed by atoms with Crippen LogP contribution in [0.15, 0.2) is 46.5 Å². The van der Waals surface area contributed by atoms with Crippen LogP contribution in [-0.2, 0) is 13.6 Å². The summed E-state index contributed by atoms with van der Waals surface area (Å²) in [6.45, 7) is 7.63. The van der Waals surface area contributed by atoms with E-state index in [0.717, 1.165) is 21.6 Å². The van der Waals surface area contributed by atoms with E-state index in [1.165, 1.54) is 10.6 Å². The number of hydrogen-bond acceptors (Lipinski definition) is 3. The Morgan fingerprint density at radius 1 is 1.19 bits per heavy atom. The minimum atomic E-state index is -0.424. The topological polar surface area (TPSA) is 66.2 Å². The van der Waals surface area contributed by atoms with Gasteiger partial charge in [0.05, 0.1) is 10.7 Å². The van der Waals surface area contributed by atoms with E-state index >= 15 is 0 Å². The lowest BCUT2D eigenvalue weighted by Gasteiger charge is -2.08. The quantitative estimate of drug-likeness (QED) is 0.511. The third-order valence-corrected chi connectivity index (χ3v) is 5.24. The monoisotopic (exact) mass is 383 g/mol. The van der Waals surface area contributed by atoms with Crippen LogP contribution in [-0.4, -0.2) is 23.1 Å². The molecule has 3 heterocycles. The lowest BCUT2D eigenvalue weighted by molar-refractivity contribution is 0.667. The summed E-state index contributed by atoms with van der Waals surface area (Å²) in [7, 11) is 1.61. The molecule has 27 heavy (non-hydrogen) atoms. The molecule has 8 heteroatoms. The van der Waals surface area contributed by atoms with Crippen molar-refractivity contribution in [2.45, 2.75) is 20.4 Å². The van der Waals surface area contributed by atoms with Crippen LogP contribution in [0, 0.1) is 13.8 Å². The second-order valence-corrected chi connectivity index (χ2v) is 6.83. The van der Waals surface area contributed by atoms with E-state index in [0.29, 0.717) is 22.0 Å². The van der Waals surface area contributed by atoms with E-state index in [1.54, 1.807) is 17.5 Å². The van der Waals surface area contributed by atoms with Gasteiger partial charge < -0.3 is 0 Å². The van der Waals surface area contributed by atoms with Gasteiger partial charge in [-0.25, -0.2) is 4.79 Å². The fourth-order valence-electron chi connectivity index (χ4n) is 3.46. The maximum atomic E-state index is 13.0. The van der Waals surface area contributed by atoms with Crippen molar-refractivity contribution < 1.29 is 0 Å². The van der Waals surface area contributed by atoms with Gasteiger partial charge in [-0.15, -0.1) is 6.58 Å². The molecule has 0 N–H and O–H groups in total. The molecular formula is C19H18ClN5O2. The van der Waals surface area contributed by atoms with Crippen molar-refractivity contribution in [3.63, 3.8) is 0 Å². The van der Waals surface area contributed by atoms with Crippen molar-refractivity contribution in [1.29, 1.82) is 0 Å². The molecular weight excluding hydrogens is 366 g/mol. The molecule has 0 radical (unpaired) electrons. The standard InChI is InChI=1S/C19H18ClN5O2/c1-5-10-23-17(26)15-16(22(4)19(23)27)21-18-24(11(2)12(3)25(15)18)14-9-7-6-8-13(14)20/h5-9H,1,10H2,2-4H3. The number of benzene rings is 1. The van der Waals surface area contributed by atoms with Gasteiger partial charge in [-0.3, -0.25) is 22.9 Å². The van der Waals surface area contributed by atoms with E-state index in [4.69, 9.17) is 11.6 Å². The lowest BCUT2D eigenvalue weighted by Crippen LogP contribution is -2.39. The number of fused-ring (bicyclic) bond motifs is 3. The molecule has 4 rings (SSSR count). The highest BCUT2D eigenvalue weighted by Crippen LogP contribution is 2.28. The van der Waals surface area contributed by atoms with Gasteiger partial charge in [-0.05, 0) is 26.0 Å². The van der Waals surface area contributed by atoms with Crippen molar-refractivity contribution in [3.05, 3.63) is 74.2 Å². The number of para-hydroxylation sites is 1. The summed E-state index contributed by atoms with van der Waals surface area (Å²) < 4.78 is 6.23. The summed E-state index contributed by atoms with van der Waals surface area (Å²) in [6.07, 6.45) is 1.53. The molecule has 0 unspecified atom stereocenters. The molecule has 0 atom stereocenters. The van der Waals surface area contributed by atoms with E-state index < -0.39 is 5.69 Å². The van der Waals surface area contributed by atoms with Crippen molar-refractivity contribution in [2.24, 2.45) is 7.05 Å². The average Bonchev–Trinajstić information content (AvgIpc) is 3.14. The third kappa shape index (κ3) is 2.24. The molecule has 0 spiro atoms. The first-order valence-electron chi connectivity index (χ1n) is 8.44. The van der Waals surface area contributed by atoms with E-state index in [-0.39, 0.29) is 12.1 Å². The molecule has 0 amide bonds. The Balaban J connectivity index is 2.25. The van der Waals surface area contributed by atoms with Gasteiger partial charge in [-0.1, -0.05) is 29.8 Å². The van der Waals surface area contributed by atoms with Crippen LogP contribution in [0.5, 0.6) is 0 Å². The van der Waals surface area contributed by atoms with Gasteiger partial charge in [0, 0.05) is 25.0 Å². The Bertz CT molecular complexity index is 1350.